The van der Waals surface area contributed by atoms with Crippen molar-refractivity contribution in [1.29, 1.82) is 0 Å². The number of imide groups is 1. The van der Waals surface area contributed by atoms with E-state index in [0.29, 0.717) is 0 Å². The predicted octanol–water partition coefficient (Wildman–Crippen LogP) is -1.01. The third-order valence-electron chi connectivity index (χ3n) is 3.60. The molecule has 1 heterocycles. The Hall–Kier alpha value is -1.43. The summed E-state index contributed by atoms with van der Waals surface area (Å²) in [7, 11) is 1.43. The third kappa shape index (κ3) is 2.17. The zero-order valence-corrected chi connectivity index (χ0v) is 9.81. The molecule has 3 amide bonds. The summed E-state index contributed by atoms with van der Waals surface area (Å²) >= 11 is 0. The molecule has 1 aliphatic heterocycles. The highest BCUT2D eigenvalue weighted by atomic mass is 16.2. The Morgan fingerprint density at radius 1 is 1.41 bits per heavy atom. The number of nitrogens with zero attached hydrogens (tertiary/aromatic N) is 1. The summed E-state index contributed by atoms with van der Waals surface area (Å²) in [5.74, 6) is -1.01. The van der Waals surface area contributed by atoms with Crippen LogP contribution in [0.3, 0.4) is 0 Å². The van der Waals surface area contributed by atoms with E-state index in [4.69, 9.17) is 5.73 Å². The Bertz CT molecular complexity index is 369. The summed E-state index contributed by atoms with van der Waals surface area (Å²) in [6.45, 7) is 0. The zero-order chi connectivity index (χ0) is 12.6. The normalized spacial score (nSPS) is 33.3. The molecule has 17 heavy (non-hydrogen) atoms. The lowest BCUT2D eigenvalue weighted by Gasteiger charge is -2.17. The number of carbonyl (C=O) groups excluding carboxylic acids is 3. The largest absolute Gasteiger partial charge is 0.343 e. The molecule has 1 saturated heterocycles. The smallest absolute Gasteiger partial charge is 0.252 e. The molecule has 1 saturated carbocycles. The van der Waals surface area contributed by atoms with Gasteiger partial charge in [-0.05, 0) is 12.8 Å². The second-order valence-corrected chi connectivity index (χ2v) is 4.76. The van der Waals surface area contributed by atoms with Crippen LogP contribution >= 0.6 is 0 Å². The lowest BCUT2D eigenvalue weighted by atomic mass is 10.0. The highest BCUT2D eigenvalue weighted by Crippen LogP contribution is 2.24. The van der Waals surface area contributed by atoms with Crippen LogP contribution in [0.15, 0.2) is 0 Å². The molecule has 0 bridgehead atoms. The first-order chi connectivity index (χ1) is 8.00. The average molecular weight is 239 g/mol. The maximum absolute atomic E-state index is 11.9. The molecule has 2 rings (SSSR count). The molecular weight excluding hydrogens is 222 g/mol. The maximum atomic E-state index is 11.9. The SMILES string of the molecule is CN1C(=O)CC(NC(=O)C2CCCC2N)C1=O. The molecule has 0 spiro atoms. The van der Waals surface area contributed by atoms with Crippen molar-refractivity contribution < 1.29 is 14.4 Å². The summed E-state index contributed by atoms with van der Waals surface area (Å²) in [4.78, 5) is 35.9. The Balaban J connectivity index is 1.95. The number of hydrogen-bond donors (Lipinski definition) is 2. The van der Waals surface area contributed by atoms with Gasteiger partial charge in [0.2, 0.25) is 11.8 Å². The van der Waals surface area contributed by atoms with Gasteiger partial charge in [0.15, 0.2) is 0 Å². The van der Waals surface area contributed by atoms with E-state index in [9.17, 15) is 14.4 Å². The summed E-state index contributed by atoms with van der Waals surface area (Å²) in [6.07, 6.45) is 2.60. The van der Waals surface area contributed by atoms with Crippen molar-refractivity contribution in [1.82, 2.24) is 10.2 Å². The second kappa shape index (κ2) is 4.44. The number of likely N-dealkylation sites (N-methyl/N-ethyl adjacent to an activating group) is 1. The number of rotatable bonds is 2. The van der Waals surface area contributed by atoms with Crippen LogP contribution in [0.5, 0.6) is 0 Å². The van der Waals surface area contributed by atoms with Crippen molar-refractivity contribution >= 4 is 17.7 Å². The fraction of sp³-hybridized carbons (Fsp3) is 0.727. The fourth-order valence-electron chi connectivity index (χ4n) is 2.46. The van der Waals surface area contributed by atoms with Crippen LogP contribution in [0.2, 0.25) is 0 Å². The molecule has 2 aliphatic rings. The van der Waals surface area contributed by atoms with Crippen molar-refractivity contribution in [3.05, 3.63) is 0 Å². The summed E-state index contributed by atoms with van der Waals surface area (Å²) in [6, 6.07) is -0.826. The van der Waals surface area contributed by atoms with Gasteiger partial charge in [-0.15, -0.1) is 0 Å². The standard InChI is InChI=1S/C11H17N3O3/c1-14-9(15)5-8(11(14)17)13-10(16)6-3-2-4-7(6)12/h6-8H,2-5,12H2,1H3,(H,13,16). The van der Waals surface area contributed by atoms with Crippen LogP contribution in [0.4, 0.5) is 0 Å². The lowest BCUT2D eigenvalue weighted by molar-refractivity contribution is -0.138. The quantitative estimate of drug-likeness (QED) is 0.604. The van der Waals surface area contributed by atoms with E-state index < -0.39 is 6.04 Å². The molecule has 0 aromatic rings. The molecular formula is C11H17N3O3. The van der Waals surface area contributed by atoms with Gasteiger partial charge in [0.1, 0.15) is 6.04 Å². The van der Waals surface area contributed by atoms with Crippen LogP contribution < -0.4 is 11.1 Å². The molecule has 2 fully saturated rings. The number of nitrogens with two attached hydrogens (primary N) is 1. The summed E-state index contributed by atoms with van der Waals surface area (Å²) < 4.78 is 0. The Morgan fingerprint density at radius 2 is 2.12 bits per heavy atom. The van der Waals surface area contributed by atoms with Gasteiger partial charge in [0.25, 0.3) is 5.91 Å². The average Bonchev–Trinajstić information content (AvgIpc) is 2.80. The minimum absolute atomic E-state index is 0.0586. The highest BCUT2D eigenvalue weighted by Gasteiger charge is 2.39. The summed E-state index contributed by atoms with van der Waals surface area (Å²) in [5, 5.41) is 2.63. The molecule has 0 aromatic carbocycles. The summed E-state index contributed by atoms with van der Waals surface area (Å²) in [5.41, 5.74) is 5.82. The molecule has 1 aliphatic carbocycles. The number of hydrogen-bond acceptors (Lipinski definition) is 4. The van der Waals surface area contributed by atoms with Crippen LogP contribution in [0.25, 0.3) is 0 Å². The molecule has 94 valence electrons. The lowest BCUT2D eigenvalue weighted by Crippen LogP contribution is -2.46. The fourth-order valence-corrected chi connectivity index (χ4v) is 2.46. The first-order valence-electron chi connectivity index (χ1n) is 5.87. The monoisotopic (exact) mass is 239 g/mol. The number of likely N-dealkylation sites (tertiary alicyclic amines) is 1. The first kappa shape index (κ1) is 12.0. The Kier molecular flexibility index (Phi) is 3.15. The predicted molar refractivity (Wildman–Crippen MR) is 59.6 cm³/mol. The van der Waals surface area contributed by atoms with Crippen molar-refractivity contribution in [2.24, 2.45) is 11.7 Å². The van der Waals surface area contributed by atoms with Gasteiger partial charge >= 0.3 is 0 Å². The maximum Gasteiger partial charge on any atom is 0.252 e. The van der Waals surface area contributed by atoms with E-state index in [-0.39, 0.29) is 36.1 Å². The minimum atomic E-state index is -0.701. The molecule has 3 atom stereocenters. The van der Waals surface area contributed by atoms with Gasteiger partial charge in [0, 0.05) is 13.1 Å². The van der Waals surface area contributed by atoms with E-state index in [1.807, 2.05) is 0 Å². The molecule has 6 nitrogen and oxygen atoms in total. The molecule has 6 heteroatoms. The van der Waals surface area contributed by atoms with E-state index >= 15 is 0 Å². The van der Waals surface area contributed by atoms with Crippen molar-refractivity contribution in [3.63, 3.8) is 0 Å². The van der Waals surface area contributed by atoms with Crippen LogP contribution in [-0.2, 0) is 14.4 Å². The van der Waals surface area contributed by atoms with Gasteiger partial charge in [0.05, 0.1) is 12.3 Å². The van der Waals surface area contributed by atoms with Gasteiger partial charge in [-0.25, -0.2) is 0 Å². The first-order valence-corrected chi connectivity index (χ1v) is 5.87. The second-order valence-electron chi connectivity index (χ2n) is 4.76. The molecule has 3 unspecified atom stereocenters. The van der Waals surface area contributed by atoms with Crippen LogP contribution in [0, 0.1) is 5.92 Å². The van der Waals surface area contributed by atoms with Crippen LogP contribution in [0.1, 0.15) is 25.7 Å². The van der Waals surface area contributed by atoms with Crippen molar-refractivity contribution in [2.75, 3.05) is 7.05 Å². The van der Waals surface area contributed by atoms with E-state index in [1.54, 1.807) is 0 Å². The number of carbonyl (C=O) groups is 3. The zero-order valence-electron chi connectivity index (χ0n) is 9.81. The number of nitrogens with one attached hydrogen (secondary N) is 1. The van der Waals surface area contributed by atoms with Gasteiger partial charge in [-0.3, -0.25) is 19.3 Å². The van der Waals surface area contributed by atoms with E-state index in [1.165, 1.54) is 7.05 Å². The Labute approximate surface area is 99.5 Å². The molecule has 0 radical (unpaired) electrons. The van der Waals surface area contributed by atoms with Gasteiger partial charge < -0.3 is 11.1 Å². The minimum Gasteiger partial charge on any atom is -0.343 e. The Morgan fingerprint density at radius 3 is 2.59 bits per heavy atom. The van der Waals surface area contributed by atoms with Crippen LogP contribution in [-0.4, -0.2) is 41.8 Å². The highest BCUT2D eigenvalue weighted by molar-refractivity contribution is 6.06. The molecule has 0 aromatic heterocycles. The third-order valence-corrected chi connectivity index (χ3v) is 3.60. The van der Waals surface area contributed by atoms with Gasteiger partial charge in [-0.2, -0.15) is 0 Å². The van der Waals surface area contributed by atoms with Crippen molar-refractivity contribution in [2.45, 2.75) is 37.8 Å². The topological polar surface area (TPSA) is 92.5 Å². The van der Waals surface area contributed by atoms with Crippen molar-refractivity contribution in [3.8, 4) is 0 Å². The van der Waals surface area contributed by atoms with Gasteiger partial charge in [-0.1, -0.05) is 6.42 Å². The van der Waals surface area contributed by atoms with E-state index in [0.717, 1.165) is 24.2 Å². The number of amides is 3. The molecule has 3 N–H and O–H groups in total. The van der Waals surface area contributed by atoms with E-state index in [2.05, 4.69) is 5.32 Å².